The van der Waals surface area contributed by atoms with Gasteiger partial charge in [0.15, 0.2) is 5.78 Å². The second kappa shape index (κ2) is 5.70. The first-order valence-electron chi connectivity index (χ1n) is 6.92. The normalized spacial score (nSPS) is 11.0. The second-order valence-corrected chi connectivity index (χ2v) is 5.30. The van der Waals surface area contributed by atoms with Crippen molar-refractivity contribution in [2.45, 2.75) is 19.9 Å². The summed E-state index contributed by atoms with van der Waals surface area (Å²) >= 11 is 6.10. The van der Waals surface area contributed by atoms with E-state index >= 15 is 0 Å². The third-order valence-corrected chi connectivity index (χ3v) is 3.87. The van der Waals surface area contributed by atoms with Gasteiger partial charge in [0.25, 0.3) is 0 Å². The number of halogens is 1. The van der Waals surface area contributed by atoms with Crippen LogP contribution in [0.5, 0.6) is 0 Å². The zero-order chi connectivity index (χ0) is 14.8. The maximum atomic E-state index is 12.6. The van der Waals surface area contributed by atoms with Gasteiger partial charge in [0.1, 0.15) is 5.69 Å². The first kappa shape index (κ1) is 13.8. The number of nitrogens with zero attached hydrogens (tertiary/aromatic N) is 2. The Balaban J connectivity index is 1.99. The number of ketones is 1. The number of aromatic nitrogens is 2. The molecule has 0 amide bonds. The van der Waals surface area contributed by atoms with Gasteiger partial charge in [0.05, 0.1) is 11.2 Å². The largest absolute Gasteiger partial charge is 0.292 e. The fourth-order valence-electron chi connectivity index (χ4n) is 2.58. The van der Waals surface area contributed by atoms with Crippen LogP contribution in [-0.4, -0.2) is 15.6 Å². The van der Waals surface area contributed by atoms with Crippen LogP contribution in [0, 0.1) is 0 Å². The maximum Gasteiger partial charge on any atom is 0.186 e. The molecule has 21 heavy (non-hydrogen) atoms. The van der Waals surface area contributed by atoms with E-state index in [4.69, 9.17) is 11.6 Å². The van der Waals surface area contributed by atoms with Gasteiger partial charge in [-0.1, -0.05) is 54.1 Å². The minimum absolute atomic E-state index is 0.00398. The minimum atomic E-state index is -0.00398. The monoisotopic (exact) mass is 298 g/mol. The molecule has 2 aromatic carbocycles. The van der Waals surface area contributed by atoms with Crippen molar-refractivity contribution in [2.75, 3.05) is 0 Å². The van der Waals surface area contributed by atoms with E-state index < -0.39 is 0 Å². The van der Waals surface area contributed by atoms with Gasteiger partial charge in [0.2, 0.25) is 0 Å². The number of hydrogen-bond acceptors (Lipinski definition) is 2. The van der Waals surface area contributed by atoms with Crippen molar-refractivity contribution in [3.8, 4) is 0 Å². The molecule has 3 aromatic rings. The molecule has 1 aromatic heterocycles. The lowest BCUT2D eigenvalue weighted by molar-refractivity contribution is 0.0983. The van der Waals surface area contributed by atoms with Crippen molar-refractivity contribution in [3.63, 3.8) is 0 Å². The van der Waals surface area contributed by atoms with Gasteiger partial charge in [0, 0.05) is 13.0 Å². The van der Waals surface area contributed by atoms with Gasteiger partial charge in [-0.2, -0.15) is 5.10 Å². The first-order chi connectivity index (χ1) is 10.2. The van der Waals surface area contributed by atoms with Crippen LogP contribution in [0.25, 0.3) is 10.8 Å². The standard InChI is InChI=1S/C17H15ClN2O/c1-2-20-17(15(18)11-19-20)16(21)10-13-8-5-7-12-6-3-4-9-14(12)13/h3-9,11H,2,10H2,1H3. The SMILES string of the molecule is CCn1ncc(Cl)c1C(=O)Cc1cccc2ccccc12. The average Bonchev–Trinajstić information content (AvgIpc) is 2.88. The van der Waals surface area contributed by atoms with E-state index in [2.05, 4.69) is 5.10 Å². The van der Waals surface area contributed by atoms with E-state index in [1.165, 1.54) is 6.20 Å². The Morgan fingerprint density at radius 2 is 1.95 bits per heavy atom. The molecule has 0 fully saturated rings. The van der Waals surface area contributed by atoms with Gasteiger partial charge in [-0.05, 0) is 23.3 Å². The van der Waals surface area contributed by atoms with Crippen molar-refractivity contribution in [2.24, 2.45) is 0 Å². The highest BCUT2D eigenvalue weighted by Crippen LogP contribution is 2.22. The van der Waals surface area contributed by atoms with Crippen LogP contribution >= 0.6 is 11.6 Å². The van der Waals surface area contributed by atoms with E-state index in [0.29, 0.717) is 23.7 Å². The topological polar surface area (TPSA) is 34.9 Å². The molecule has 0 spiro atoms. The highest BCUT2D eigenvalue weighted by Gasteiger charge is 2.17. The molecule has 3 rings (SSSR count). The summed E-state index contributed by atoms with van der Waals surface area (Å²) in [6.45, 7) is 2.57. The Labute approximate surface area is 128 Å². The van der Waals surface area contributed by atoms with Gasteiger partial charge in [-0.25, -0.2) is 0 Å². The Morgan fingerprint density at radius 1 is 1.19 bits per heavy atom. The minimum Gasteiger partial charge on any atom is -0.292 e. The van der Waals surface area contributed by atoms with Crippen LogP contribution in [0.2, 0.25) is 5.02 Å². The van der Waals surface area contributed by atoms with Crippen molar-refractivity contribution in [1.29, 1.82) is 0 Å². The fraction of sp³-hybridized carbons (Fsp3) is 0.176. The van der Waals surface area contributed by atoms with Gasteiger partial charge in [-0.15, -0.1) is 0 Å². The maximum absolute atomic E-state index is 12.6. The molecule has 3 nitrogen and oxygen atoms in total. The van der Waals surface area contributed by atoms with Gasteiger partial charge >= 0.3 is 0 Å². The van der Waals surface area contributed by atoms with Crippen LogP contribution in [0.1, 0.15) is 23.0 Å². The van der Waals surface area contributed by atoms with Crippen molar-refractivity contribution in [1.82, 2.24) is 9.78 Å². The van der Waals surface area contributed by atoms with E-state index in [1.807, 2.05) is 49.4 Å². The zero-order valence-corrected chi connectivity index (χ0v) is 12.5. The van der Waals surface area contributed by atoms with Crippen LogP contribution in [0.3, 0.4) is 0 Å². The van der Waals surface area contributed by atoms with Gasteiger partial charge in [-0.3, -0.25) is 9.48 Å². The molecule has 0 saturated carbocycles. The van der Waals surface area contributed by atoms with Gasteiger partial charge < -0.3 is 0 Å². The fourth-order valence-corrected chi connectivity index (χ4v) is 2.83. The van der Waals surface area contributed by atoms with E-state index in [1.54, 1.807) is 4.68 Å². The number of hydrogen-bond donors (Lipinski definition) is 0. The number of aryl methyl sites for hydroxylation is 1. The van der Waals surface area contributed by atoms with E-state index in [9.17, 15) is 4.79 Å². The molecule has 0 radical (unpaired) electrons. The van der Waals surface area contributed by atoms with E-state index in [0.717, 1.165) is 16.3 Å². The third-order valence-electron chi connectivity index (χ3n) is 3.59. The molecule has 0 aliphatic carbocycles. The number of Topliss-reactive ketones (excluding diaryl/α,β-unsaturated/α-hetero) is 1. The van der Waals surface area contributed by atoms with Crippen LogP contribution in [0.15, 0.2) is 48.7 Å². The van der Waals surface area contributed by atoms with Crippen molar-refractivity contribution < 1.29 is 4.79 Å². The molecular formula is C17H15ClN2O. The predicted molar refractivity (Wildman–Crippen MR) is 84.9 cm³/mol. The molecule has 0 aliphatic heterocycles. The third kappa shape index (κ3) is 2.57. The summed E-state index contributed by atoms with van der Waals surface area (Å²) in [5.74, 6) is -0.00398. The lowest BCUT2D eigenvalue weighted by Gasteiger charge is -2.07. The Hall–Kier alpha value is -2.13. The predicted octanol–water partition coefficient (Wildman–Crippen LogP) is 4.14. The average molecular weight is 299 g/mol. The second-order valence-electron chi connectivity index (χ2n) is 4.90. The molecular weight excluding hydrogens is 284 g/mol. The molecule has 0 bridgehead atoms. The zero-order valence-electron chi connectivity index (χ0n) is 11.7. The molecule has 4 heteroatoms. The molecule has 106 valence electrons. The van der Waals surface area contributed by atoms with Crippen molar-refractivity contribution >= 4 is 28.2 Å². The summed E-state index contributed by atoms with van der Waals surface area (Å²) in [6.07, 6.45) is 1.86. The summed E-state index contributed by atoms with van der Waals surface area (Å²) in [5, 5.41) is 6.78. The number of rotatable bonds is 4. The first-order valence-corrected chi connectivity index (χ1v) is 7.29. The number of benzene rings is 2. The van der Waals surface area contributed by atoms with E-state index in [-0.39, 0.29) is 5.78 Å². The quantitative estimate of drug-likeness (QED) is 0.679. The molecule has 0 aliphatic rings. The lowest BCUT2D eigenvalue weighted by atomic mass is 9.99. The highest BCUT2D eigenvalue weighted by atomic mass is 35.5. The lowest BCUT2D eigenvalue weighted by Crippen LogP contribution is -2.12. The molecule has 0 N–H and O–H groups in total. The summed E-state index contributed by atoms with van der Waals surface area (Å²) < 4.78 is 1.65. The molecule has 0 unspecified atom stereocenters. The summed E-state index contributed by atoms with van der Waals surface area (Å²) in [4.78, 5) is 12.6. The summed E-state index contributed by atoms with van der Waals surface area (Å²) in [6, 6.07) is 14.1. The Morgan fingerprint density at radius 3 is 2.76 bits per heavy atom. The van der Waals surface area contributed by atoms with Crippen LogP contribution in [-0.2, 0) is 13.0 Å². The molecule has 0 saturated heterocycles. The Kier molecular flexibility index (Phi) is 3.76. The molecule has 0 atom stereocenters. The summed E-state index contributed by atoms with van der Waals surface area (Å²) in [5.41, 5.74) is 1.50. The smallest absolute Gasteiger partial charge is 0.186 e. The number of fused-ring (bicyclic) bond motifs is 1. The number of carbonyl (C=O) groups excluding carboxylic acids is 1. The van der Waals surface area contributed by atoms with Crippen LogP contribution in [0.4, 0.5) is 0 Å². The summed E-state index contributed by atoms with van der Waals surface area (Å²) in [7, 11) is 0. The molecule has 1 heterocycles. The highest BCUT2D eigenvalue weighted by molar-refractivity contribution is 6.33. The number of carbonyl (C=O) groups is 1. The van der Waals surface area contributed by atoms with Crippen LogP contribution < -0.4 is 0 Å². The Bertz CT molecular complexity index is 802. The van der Waals surface area contributed by atoms with Crippen molar-refractivity contribution in [3.05, 3.63) is 64.9 Å².